The fourth-order valence-electron chi connectivity index (χ4n) is 2.72. The van der Waals surface area contributed by atoms with Gasteiger partial charge in [-0.25, -0.2) is 4.98 Å². The molecule has 5 heteroatoms. The second-order valence-corrected chi connectivity index (χ2v) is 5.06. The van der Waals surface area contributed by atoms with Crippen LogP contribution in [0.1, 0.15) is 12.8 Å². The van der Waals surface area contributed by atoms with Gasteiger partial charge in [-0.3, -0.25) is 9.69 Å². The fraction of sp³-hybridized carbons (Fsp3) is 0.571. The van der Waals surface area contributed by atoms with Crippen molar-refractivity contribution in [1.29, 1.82) is 0 Å². The minimum Gasteiger partial charge on any atom is -0.368 e. The maximum Gasteiger partial charge on any atom is 0.274 e. The van der Waals surface area contributed by atoms with E-state index in [0.717, 1.165) is 51.4 Å². The molecule has 0 radical (unpaired) electrons. The van der Waals surface area contributed by atoms with Gasteiger partial charge in [0.1, 0.15) is 19.2 Å². The summed E-state index contributed by atoms with van der Waals surface area (Å²) in [7, 11) is 0. The third-order valence-electron chi connectivity index (χ3n) is 3.83. The van der Waals surface area contributed by atoms with Crippen LogP contribution in [0.3, 0.4) is 0 Å². The summed E-state index contributed by atoms with van der Waals surface area (Å²) in [5, 5.41) is 0. The van der Waals surface area contributed by atoms with E-state index < -0.39 is 0 Å². The van der Waals surface area contributed by atoms with Crippen molar-refractivity contribution in [3.8, 4) is 0 Å². The molecule has 5 nitrogen and oxygen atoms in total. The third-order valence-corrected chi connectivity index (χ3v) is 3.83. The van der Waals surface area contributed by atoms with Crippen LogP contribution < -0.4 is 9.88 Å². The van der Waals surface area contributed by atoms with E-state index in [4.69, 9.17) is 4.74 Å². The maximum absolute atomic E-state index is 12.2. The standard InChI is InChI=1S/C14H19N3O2/c18-14(12-4-3-11-19-12)17-9-7-16(8-10-17)13-5-1-2-6-15-13/h1-2,5-6,12H,3-4,7-11H2/p+1/t12-/m0/s1. The first-order chi connectivity index (χ1) is 9.34. The number of hydrogen-bond acceptors (Lipinski definition) is 3. The molecule has 1 atom stereocenters. The van der Waals surface area contributed by atoms with E-state index in [2.05, 4.69) is 16.0 Å². The normalized spacial score (nSPS) is 23.7. The summed E-state index contributed by atoms with van der Waals surface area (Å²) in [6, 6.07) is 6.06. The van der Waals surface area contributed by atoms with Gasteiger partial charge < -0.3 is 9.64 Å². The van der Waals surface area contributed by atoms with Crippen molar-refractivity contribution in [2.45, 2.75) is 18.9 Å². The second-order valence-electron chi connectivity index (χ2n) is 5.06. The topological polar surface area (TPSA) is 46.9 Å². The third kappa shape index (κ3) is 2.71. The number of rotatable bonds is 2. The molecule has 3 rings (SSSR count). The summed E-state index contributed by atoms with van der Waals surface area (Å²) in [5.41, 5.74) is 0. The van der Waals surface area contributed by atoms with Crippen molar-refractivity contribution >= 4 is 11.7 Å². The smallest absolute Gasteiger partial charge is 0.274 e. The molecular weight excluding hydrogens is 242 g/mol. The van der Waals surface area contributed by atoms with Gasteiger partial charge in [0.05, 0.1) is 19.3 Å². The zero-order chi connectivity index (χ0) is 13.1. The SMILES string of the molecule is O=C([C@@H]1CCCO1)N1CCN(c2cccc[nH+]2)CC1. The zero-order valence-corrected chi connectivity index (χ0v) is 11.0. The Bertz CT molecular complexity index is 424. The average Bonchev–Trinajstić information content (AvgIpc) is 3.02. The number of anilines is 1. The number of aromatic nitrogens is 1. The fourth-order valence-corrected chi connectivity index (χ4v) is 2.72. The van der Waals surface area contributed by atoms with Gasteiger partial charge in [0.25, 0.3) is 11.7 Å². The first kappa shape index (κ1) is 12.4. The van der Waals surface area contributed by atoms with Crippen LogP contribution >= 0.6 is 0 Å². The van der Waals surface area contributed by atoms with E-state index >= 15 is 0 Å². The number of carbonyl (C=O) groups excluding carboxylic acids is 1. The van der Waals surface area contributed by atoms with E-state index in [0.29, 0.717) is 0 Å². The molecule has 2 fully saturated rings. The minimum atomic E-state index is -0.185. The van der Waals surface area contributed by atoms with Crippen molar-refractivity contribution in [3.05, 3.63) is 24.4 Å². The summed E-state index contributed by atoms with van der Waals surface area (Å²) in [6.45, 7) is 4.04. The van der Waals surface area contributed by atoms with Crippen LogP contribution in [-0.2, 0) is 9.53 Å². The summed E-state index contributed by atoms with van der Waals surface area (Å²) < 4.78 is 5.47. The summed E-state index contributed by atoms with van der Waals surface area (Å²) in [4.78, 5) is 19.7. The van der Waals surface area contributed by atoms with Gasteiger partial charge in [-0.1, -0.05) is 6.07 Å². The maximum atomic E-state index is 12.2. The number of nitrogens with one attached hydrogen (secondary N) is 1. The molecule has 0 aromatic carbocycles. The molecule has 1 N–H and O–H groups in total. The van der Waals surface area contributed by atoms with Crippen molar-refractivity contribution in [2.24, 2.45) is 0 Å². The van der Waals surface area contributed by atoms with Crippen LogP contribution in [0.4, 0.5) is 5.82 Å². The van der Waals surface area contributed by atoms with Crippen molar-refractivity contribution in [3.63, 3.8) is 0 Å². The van der Waals surface area contributed by atoms with E-state index in [1.807, 2.05) is 23.2 Å². The number of piperazine rings is 1. The summed E-state index contributed by atoms with van der Waals surface area (Å²) in [5.74, 6) is 1.29. The second kappa shape index (κ2) is 5.57. The number of pyridine rings is 1. The highest BCUT2D eigenvalue weighted by Crippen LogP contribution is 2.17. The Balaban J connectivity index is 1.56. The molecule has 0 unspecified atom stereocenters. The molecule has 0 spiro atoms. The first-order valence-corrected chi connectivity index (χ1v) is 6.96. The molecule has 2 aliphatic rings. The Kier molecular flexibility index (Phi) is 3.64. The van der Waals surface area contributed by atoms with Crippen LogP contribution in [0.5, 0.6) is 0 Å². The van der Waals surface area contributed by atoms with Crippen LogP contribution in [0.2, 0.25) is 0 Å². The predicted molar refractivity (Wildman–Crippen MR) is 70.8 cm³/mol. The van der Waals surface area contributed by atoms with Crippen LogP contribution in [0, 0.1) is 0 Å². The molecule has 19 heavy (non-hydrogen) atoms. The van der Waals surface area contributed by atoms with Crippen molar-refractivity contribution in [1.82, 2.24) is 4.90 Å². The first-order valence-electron chi connectivity index (χ1n) is 6.96. The molecule has 102 valence electrons. The molecule has 0 bridgehead atoms. The highest BCUT2D eigenvalue weighted by molar-refractivity contribution is 5.81. The number of hydrogen-bond donors (Lipinski definition) is 0. The lowest BCUT2D eigenvalue weighted by molar-refractivity contribution is -0.364. The number of amides is 1. The Morgan fingerprint density at radius 1 is 1.26 bits per heavy atom. The molecule has 1 aromatic heterocycles. The lowest BCUT2D eigenvalue weighted by atomic mass is 10.2. The number of nitrogens with zero attached hydrogens (tertiary/aromatic N) is 2. The monoisotopic (exact) mass is 262 g/mol. The van der Waals surface area contributed by atoms with Gasteiger partial charge in [-0.2, -0.15) is 0 Å². The number of H-pyrrole nitrogens is 1. The lowest BCUT2D eigenvalue weighted by Crippen LogP contribution is -2.52. The van der Waals surface area contributed by atoms with Crippen molar-refractivity contribution in [2.75, 3.05) is 37.7 Å². The van der Waals surface area contributed by atoms with E-state index in [-0.39, 0.29) is 12.0 Å². The highest BCUT2D eigenvalue weighted by atomic mass is 16.5. The van der Waals surface area contributed by atoms with E-state index in [1.165, 1.54) is 0 Å². The average molecular weight is 262 g/mol. The molecule has 1 aromatic rings. The minimum absolute atomic E-state index is 0.175. The molecule has 0 saturated carbocycles. The van der Waals surface area contributed by atoms with Gasteiger partial charge in [0, 0.05) is 12.7 Å². The molecule has 2 saturated heterocycles. The Hall–Kier alpha value is -1.62. The molecular formula is C14H20N3O2+. The zero-order valence-electron chi connectivity index (χ0n) is 11.0. The van der Waals surface area contributed by atoms with Gasteiger partial charge >= 0.3 is 0 Å². The van der Waals surface area contributed by atoms with Crippen molar-refractivity contribution < 1.29 is 14.5 Å². The van der Waals surface area contributed by atoms with E-state index in [1.54, 1.807) is 0 Å². The predicted octanol–water partition coefficient (Wildman–Crippen LogP) is 0.328. The Morgan fingerprint density at radius 2 is 2.11 bits per heavy atom. The molecule has 1 amide bonds. The van der Waals surface area contributed by atoms with Gasteiger partial charge in [0.2, 0.25) is 0 Å². The lowest BCUT2D eigenvalue weighted by Gasteiger charge is -2.32. The molecule has 0 aliphatic carbocycles. The van der Waals surface area contributed by atoms with Crippen LogP contribution in [-0.4, -0.2) is 49.7 Å². The number of aromatic amines is 1. The van der Waals surface area contributed by atoms with Crippen LogP contribution in [0.15, 0.2) is 24.4 Å². The number of carbonyl (C=O) groups is 1. The van der Waals surface area contributed by atoms with Crippen LogP contribution in [0.25, 0.3) is 0 Å². The number of ether oxygens (including phenoxy) is 1. The Morgan fingerprint density at radius 3 is 2.74 bits per heavy atom. The Labute approximate surface area is 113 Å². The van der Waals surface area contributed by atoms with Gasteiger partial charge in [-0.05, 0) is 18.9 Å². The highest BCUT2D eigenvalue weighted by Gasteiger charge is 2.32. The van der Waals surface area contributed by atoms with Gasteiger partial charge in [0.15, 0.2) is 0 Å². The summed E-state index contributed by atoms with van der Waals surface area (Å²) >= 11 is 0. The largest absolute Gasteiger partial charge is 0.368 e. The molecule has 3 heterocycles. The van der Waals surface area contributed by atoms with E-state index in [9.17, 15) is 4.79 Å². The van der Waals surface area contributed by atoms with Gasteiger partial charge in [-0.15, -0.1) is 0 Å². The molecule has 2 aliphatic heterocycles. The quantitative estimate of drug-likeness (QED) is 0.771. The summed E-state index contributed by atoms with van der Waals surface area (Å²) in [6.07, 6.45) is 3.63.